The molecule has 1 N–H and O–H groups in total. The van der Waals surface area contributed by atoms with Gasteiger partial charge in [-0.05, 0) is 56.1 Å². The van der Waals surface area contributed by atoms with Crippen LogP contribution in [0.3, 0.4) is 0 Å². The van der Waals surface area contributed by atoms with E-state index >= 15 is 0 Å². The highest BCUT2D eigenvalue weighted by molar-refractivity contribution is 5.75. The highest BCUT2D eigenvalue weighted by Gasteiger charge is 2.33. The van der Waals surface area contributed by atoms with Crippen LogP contribution in [0.2, 0.25) is 0 Å². The molecule has 0 aromatic carbocycles. The lowest BCUT2D eigenvalue weighted by Gasteiger charge is -2.31. The number of aromatic amines is 1. The number of pyridine rings is 2. The first kappa shape index (κ1) is 23.3. The maximum atomic E-state index is 13.6. The first-order valence-electron chi connectivity index (χ1n) is 11.6. The second kappa shape index (κ2) is 9.29. The van der Waals surface area contributed by atoms with Crippen LogP contribution in [0, 0.1) is 0 Å². The number of H-pyrrole nitrogens is 1. The van der Waals surface area contributed by atoms with Crippen molar-refractivity contribution in [2.45, 2.75) is 38.3 Å². The summed E-state index contributed by atoms with van der Waals surface area (Å²) < 4.78 is 47.6. The Bertz CT molecular complexity index is 1310. The second-order valence-corrected chi connectivity index (χ2v) is 8.73. The number of fused-ring (bicyclic) bond motifs is 1. The van der Waals surface area contributed by atoms with E-state index in [1.165, 1.54) is 18.0 Å². The number of hydrogen-bond donors (Lipinski definition) is 1. The topological polar surface area (TPSA) is 84.2 Å². The number of hydrogen-bond acceptors (Lipinski definition) is 6. The quantitative estimate of drug-likeness (QED) is 0.433. The minimum Gasteiger partial charge on any atom is -0.493 e. The minimum absolute atomic E-state index is 0.0236. The van der Waals surface area contributed by atoms with Gasteiger partial charge in [-0.15, -0.1) is 0 Å². The summed E-state index contributed by atoms with van der Waals surface area (Å²) in [5.41, 5.74) is 2.88. The number of aromatic nitrogens is 6. The molecular weight excluding hydrogens is 459 g/mol. The van der Waals surface area contributed by atoms with Gasteiger partial charge >= 0.3 is 6.18 Å². The Morgan fingerprint density at radius 3 is 2.63 bits per heavy atom. The van der Waals surface area contributed by atoms with Crippen LogP contribution in [-0.4, -0.2) is 67.6 Å². The smallest absolute Gasteiger partial charge is 0.393 e. The molecule has 0 unspecified atom stereocenters. The molecule has 11 heteroatoms. The molecule has 5 rings (SSSR count). The van der Waals surface area contributed by atoms with Gasteiger partial charge in [-0.1, -0.05) is 13.0 Å². The van der Waals surface area contributed by atoms with Crippen LogP contribution in [-0.2, 0) is 6.42 Å². The van der Waals surface area contributed by atoms with Crippen LogP contribution >= 0.6 is 0 Å². The van der Waals surface area contributed by atoms with Crippen LogP contribution in [0.5, 0.6) is 5.75 Å². The molecule has 1 fully saturated rings. The maximum Gasteiger partial charge on any atom is 0.393 e. The molecule has 1 saturated heterocycles. The minimum atomic E-state index is -4.43. The lowest BCUT2D eigenvalue weighted by molar-refractivity contribution is -0.127. The van der Waals surface area contributed by atoms with E-state index in [1.807, 2.05) is 6.07 Å². The number of halogens is 3. The van der Waals surface area contributed by atoms with Gasteiger partial charge in [0.05, 0.1) is 30.6 Å². The summed E-state index contributed by atoms with van der Waals surface area (Å²) in [6.45, 7) is 5.29. The molecule has 8 nitrogen and oxygen atoms in total. The van der Waals surface area contributed by atoms with Crippen LogP contribution in [0.25, 0.3) is 28.3 Å². The largest absolute Gasteiger partial charge is 0.493 e. The number of piperidine rings is 1. The Morgan fingerprint density at radius 1 is 1.17 bits per heavy atom. The lowest BCUT2D eigenvalue weighted by Crippen LogP contribution is -2.32. The molecule has 0 atom stereocenters. The number of nitrogens with zero attached hydrogens (tertiary/aromatic N) is 6. The number of methoxy groups -OCH3 is 1. The van der Waals surface area contributed by atoms with Gasteiger partial charge in [-0.25, -0.2) is 9.50 Å². The van der Waals surface area contributed by atoms with Crippen molar-refractivity contribution in [1.29, 1.82) is 0 Å². The molecule has 0 spiro atoms. The van der Waals surface area contributed by atoms with E-state index in [1.54, 1.807) is 24.5 Å². The van der Waals surface area contributed by atoms with Crippen molar-refractivity contribution in [3.8, 4) is 28.4 Å². The summed E-state index contributed by atoms with van der Waals surface area (Å²) in [6.07, 6.45) is 1.25. The maximum absolute atomic E-state index is 13.6. The van der Waals surface area contributed by atoms with Crippen LogP contribution in [0.4, 0.5) is 13.2 Å². The molecule has 4 aromatic rings. The fraction of sp³-hybridized carbons (Fsp3) is 0.417. The number of ether oxygens (including phenoxy) is 1. The van der Waals surface area contributed by atoms with Crippen molar-refractivity contribution < 1.29 is 17.9 Å². The van der Waals surface area contributed by atoms with Crippen molar-refractivity contribution in [3.63, 3.8) is 0 Å². The molecule has 0 aliphatic carbocycles. The molecule has 0 amide bonds. The van der Waals surface area contributed by atoms with Gasteiger partial charge in [0.15, 0.2) is 11.4 Å². The second-order valence-electron chi connectivity index (χ2n) is 8.73. The molecule has 184 valence electrons. The predicted molar refractivity (Wildman–Crippen MR) is 124 cm³/mol. The molecule has 1 aliphatic heterocycles. The normalized spacial score (nSPS) is 15.7. The Hall–Kier alpha value is -3.47. The van der Waals surface area contributed by atoms with E-state index in [4.69, 9.17) is 4.74 Å². The van der Waals surface area contributed by atoms with Crippen molar-refractivity contribution in [3.05, 3.63) is 48.0 Å². The van der Waals surface area contributed by atoms with E-state index in [9.17, 15) is 13.2 Å². The summed E-state index contributed by atoms with van der Waals surface area (Å²) in [5, 5.41) is 11.2. The summed E-state index contributed by atoms with van der Waals surface area (Å²) in [4.78, 5) is 11.1. The van der Waals surface area contributed by atoms with Gasteiger partial charge in [-0.3, -0.25) is 10.1 Å². The zero-order chi connectivity index (χ0) is 24.6. The van der Waals surface area contributed by atoms with Gasteiger partial charge in [0.1, 0.15) is 6.33 Å². The molecular formula is C24H26F3N7O. The monoisotopic (exact) mass is 485 g/mol. The van der Waals surface area contributed by atoms with Gasteiger partial charge in [0, 0.05) is 23.5 Å². The molecule has 35 heavy (non-hydrogen) atoms. The third kappa shape index (κ3) is 4.72. The average molecular weight is 486 g/mol. The SMILES string of the molecule is CCN1CCC(c2ccc(-c3[nH]nc(-c4cc(OC)c5ncnn5c4)c3CC(F)(F)F)nc2)CC1. The summed E-state index contributed by atoms with van der Waals surface area (Å²) in [7, 11) is 1.47. The van der Waals surface area contributed by atoms with Gasteiger partial charge < -0.3 is 9.64 Å². The highest BCUT2D eigenvalue weighted by atomic mass is 19.4. The average Bonchev–Trinajstić information content (AvgIpc) is 3.49. The third-order valence-electron chi connectivity index (χ3n) is 6.63. The Morgan fingerprint density at radius 2 is 1.97 bits per heavy atom. The Labute approximate surface area is 200 Å². The molecule has 1 aliphatic rings. The van der Waals surface area contributed by atoms with Crippen LogP contribution in [0.15, 0.2) is 36.9 Å². The van der Waals surface area contributed by atoms with Gasteiger partial charge in [-0.2, -0.15) is 23.4 Å². The standard InChI is InChI=1S/C24H26F3N7O/c1-3-33-8-6-15(7-9-33)16-4-5-19(28-12-16)22-18(11-24(25,26)27)21(31-32-22)17-10-20(35-2)23-29-14-30-34(23)13-17/h4-5,10,12-15H,3,6-9,11H2,1-2H3,(H,31,32). The number of alkyl halides is 3. The van der Waals surface area contributed by atoms with Crippen LogP contribution in [0.1, 0.15) is 36.8 Å². The fourth-order valence-electron chi connectivity index (χ4n) is 4.74. The molecule has 4 aromatic heterocycles. The van der Waals surface area contributed by atoms with Crippen molar-refractivity contribution in [1.82, 2.24) is 34.7 Å². The molecule has 5 heterocycles. The van der Waals surface area contributed by atoms with Crippen molar-refractivity contribution in [2.75, 3.05) is 26.7 Å². The molecule has 0 bridgehead atoms. The summed E-state index contributed by atoms with van der Waals surface area (Å²) >= 11 is 0. The first-order chi connectivity index (χ1) is 16.9. The van der Waals surface area contributed by atoms with E-state index in [2.05, 4.69) is 37.1 Å². The number of likely N-dealkylation sites (tertiary alicyclic amines) is 1. The number of nitrogens with one attached hydrogen (secondary N) is 1. The molecule has 0 saturated carbocycles. The van der Waals surface area contributed by atoms with Crippen LogP contribution < -0.4 is 4.74 Å². The van der Waals surface area contributed by atoms with Gasteiger partial charge in [0.2, 0.25) is 0 Å². The van der Waals surface area contributed by atoms with E-state index in [0.29, 0.717) is 28.6 Å². The Balaban J connectivity index is 1.51. The number of rotatable bonds is 6. The zero-order valence-electron chi connectivity index (χ0n) is 19.5. The van der Waals surface area contributed by atoms with E-state index in [0.717, 1.165) is 38.0 Å². The van der Waals surface area contributed by atoms with Crippen molar-refractivity contribution >= 4 is 5.65 Å². The Kier molecular flexibility index (Phi) is 6.18. The summed E-state index contributed by atoms with van der Waals surface area (Å²) in [6, 6.07) is 5.36. The lowest BCUT2D eigenvalue weighted by atomic mass is 9.90. The summed E-state index contributed by atoms with van der Waals surface area (Å²) in [5.74, 6) is 0.798. The third-order valence-corrected chi connectivity index (χ3v) is 6.63. The van der Waals surface area contributed by atoms with Gasteiger partial charge in [0.25, 0.3) is 0 Å². The van der Waals surface area contributed by atoms with Crippen molar-refractivity contribution in [2.24, 2.45) is 0 Å². The first-order valence-corrected chi connectivity index (χ1v) is 11.6. The highest BCUT2D eigenvalue weighted by Crippen LogP contribution is 2.36. The zero-order valence-corrected chi connectivity index (χ0v) is 19.5. The molecule has 0 radical (unpaired) electrons. The fourth-order valence-corrected chi connectivity index (χ4v) is 4.74. The predicted octanol–water partition coefficient (Wildman–Crippen LogP) is 4.49. The van der Waals surface area contributed by atoms with E-state index < -0.39 is 12.6 Å². The van der Waals surface area contributed by atoms with E-state index in [-0.39, 0.29) is 17.0 Å².